The summed E-state index contributed by atoms with van der Waals surface area (Å²) in [6.07, 6.45) is 4.47. The quantitative estimate of drug-likeness (QED) is 0.898. The number of fused-ring (bicyclic) bond motifs is 1. The van der Waals surface area contributed by atoms with Gasteiger partial charge in [0, 0.05) is 43.3 Å². The lowest BCUT2D eigenvalue weighted by Gasteiger charge is -2.41. The first-order valence-electron chi connectivity index (χ1n) is 6.83. The highest BCUT2D eigenvalue weighted by molar-refractivity contribution is 6.30. The summed E-state index contributed by atoms with van der Waals surface area (Å²) in [6.45, 7) is 2.90. The molecule has 102 valence electrons. The van der Waals surface area contributed by atoms with Crippen molar-refractivity contribution in [3.05, 3.63) is 29.0 Å². The highest BCUT2D eigenvalue weighted by Crippen LogP contribution is 2.26. The number of hydrogen-bond acceptors (Lipinski definition) is 3. The molecule has 1 aromatic rings. The van der Waals surface area contributed by atoms with Crippen molar-refractivity contribution in [2.45, 2.75) is 31.8 Å². The predicted molar refractivity (Wildman–Crippen MR) is 73.8 cm³/mol. The number of carbonyl (C=O) groups is 1. The van der Waals surface area contributed by atoms with Crippen molar-refractivity contribution in [1.82, 2.24) is 15.2 Å². The maximum atomic E-state index is 11.4. The average Bonchev–Trinajstić information content (AvgIpc) is 2.39. The zero-order chi connectivity index (χ0) is 13.2. The maximum absolute atomic E-state index is 11.4. The van der Waals surface area contributed by atoms with Crippen LogP contribution in [0, 0.1) is 5.92 Å². The molecule has 0 spiro atoms. The predicted octanol–water partition coefficient (Wildman–Crippen LogP) is 1.84. The van der Waals surface area contributed by atoms with Crippen molar-refractivity contribution in [2.24, 2.45) is 5.92 Å². The molecule has 0 saturated carbocycles. The van der Waals surface area contributed by atoms with Crippen LogP contribution in [0.3, 0.4) is 0 Å². The third-order valence-electron chi connectivity index (χ3n) is 4.07. The van der Waals surface area contributed by atoms with Gasteiger partial charge in [-0.15, -0.1) is 0 Å². The van der Waals surface area contributed by atoms with Crippen LogP contribution in [-0.4, -0.2) is 34.9 Å². The van der Waals surface area contributed by atoms with Crippen LogP contribution in [0.25, 0.3) is 0 Å². The first-order chi connectivity index (χ1) is 9.20. The van der Waals surface area contributed by atoms with E-state index < -0.39 is 0 Å². The monoisotopic (exact) mass is 279 g/mol. The molecule has 2 atom stereocenters. The number of nitrogens with one attached hydrogen (secondary N) is 1. The molecule has 0 aromatic carbocycles. The second kappa shape index (κ2) is 5.47. The van der Waals surface area contributed by atoms with E-state index in [9.17, 15) is 4.79 Å². The van der Waals surface area contributed by atoms with Crippen LogP contribution in [0.2, 0.25) is 5.02 Å². The van der Waals surface area contributed by atoms with E-state index >= 15 is 0 Å². The third kappa shape index (κ3) is 3.07. The van der Waals surface area contributed by atoms with Gasteiger partial charge in [0.05, 0.1) is 5.69 Å². The van der Waals surface area contributed by atoms with E-state index in [1.54, 1.807) is 12.3 Å². The molecule has 2 aliphatic heterocycles. The number of carbonyl (C=O) groups excluding carboxylic acids is 1. The molecule has 4 nitrogen and oxygen atoms in total. The van der Waals surface area contributed by atoms with Gasteiger partial charge in [0.1, 0.15) is 0 Å². The summed E-state index contributed by atoms with van der Waals surface area (Å²) >= 11 is 5.98. The van der Waals surface area contributed by atoms with E-state index in [1.165, 1.54) is 0 Å². The van der Waals surface area contributed by atoms with E-state index in [0.717, 1.165) is 43.2 Å². The second-order valence-corrected chi connectivity index (χ2v) is 5.90. The molecule has 1 amide bonds. The van der Waals surface area contributed by atoms with Crippen LogP contribution in [-0.2, 0) is 11.3 Å². The Bertz CT molecular complexity index is 480. The van der Waals surface area contributed by atoms with E-state index in [0.29, 0.717) is 18.4 Å². The van der Waals surface area contributed by atoms with Crippen molar-refractivity contribution in [1.29, 1.82) is 0 Å². The molecule has 2 saturated heterocycles. The number of rotatable bonds is 2. The van der Waals surface area contributed by atoms with Crippen molar-refractivity contribution in [3.8, 4) is 0 Å². The average molecular weight is 280 g/mol. The fourth-order valence-corrected chi connectivity index (χ4v) is 3.28. The highest BCUT2D eigenvalue weighted by atomic mass is 35.5. The molecule has 5 heteroatoms. The summed E-state index contributed by atoms with van der Waals surface area (Å²) in [5.74, 6) is 0.803. The first-order valence-corrected chi connectivity index (χ1v) is 7.20. The number of nitrogens with zero attached hydrogens (tertiary/aromatic N) is 2. The molecule has 1 aromatic heterocycles. The van der Waals surface area contributed by atoms with Crippen LogP contribution in [0.1, 0.15) is 25.0 Å². The van der Waals surface area contributed by atoms with Gasteiger partial charge in [-0.05, 0) is 30.9 Å². The van der Waals surface area contributed by atoms with Gasteiger partial charge in [-0.1, -0.05) is 11.6 Å². The summed E-state index contributed by atoms with van der Waals surface area (Å²) in [7, 11) is 0. The topological polar surface area (TPSA) is 45.2 Å². The molecule has 3 heterocycles. The maximum Gasteiger partial charge on any atom is 0.220 e. The molecule has 0 radical (unpaired) electrons. The zero-order valence-corrected chi connectivity index (χ0v) is 11.6. The minimum atomic E-state index is 0.214. The van der Waals surface area contributed by atoms with Gasteiger partial charge in [-0.2, -0.15) is 0 Å². The van der Waals surface area contributed by atoms with Gasteiger partial charge in [0.15, 0.2) is 0 Å². The van der Waals surface area contributed by atoms with Gasteiger partial charge < -0.3 is 5.32 Å². The fourth-order valence-electron chi connectivity index (χ4n) is 3.09. The first kappa shape index (κ1) is 12.9. The van der Waals surface area contributed by atoms with Gasteiger partial charge in [-0.3, -0.25) is 14.7 Å². The van der Waals surface area contributed by atoms with Crippen molar-refractivity contribution < 1.29 is 4.79 Å². The van der Waals surface area contributed by atoms with Crippen molar-refractivity contribution >= 4 is 17.5 Å². The molecular weight excluding hydrogens is 262 g/mol. The molecule has 2 unspecified atom stereocenters. The Hall–Kier alpha value is -1.13. The number of piperidine rings is 2. The second-order valence-electron chi connectivity index (χ2n) is 5.46. The van der Waals surface area contributed by atoms with E-state index in [2.05, 4.69) is 15.2 Å². The van der Waals surface area contributed by atoms with E-state index in [-0.39, 0.29) is 5.91 Å². The molecule has 0 bridgehead atoms. The highest BCUT2D eigenvalue weighted by Gasteiger charge is 2.33. The Kier molecular flexibility index (Phi) is 3.71. The van der Waals surface area contributed by atoms with Crippen molar-refractivity contribution in [3.63, 3.8) is 0 Å². The Labute approximate surface area is 118 Å². The van der Waals surface area contributed by atoms with Crippen LogP contribution in [0.15, 0.2) is 18.3 Å². The normalized spacial score (nSPS) is 27.7. The Morgan fingerprint density at radius 2 is 2.37 bits per heavy atom. The molecule has 1 N–H and O–H groups in total. The number of aromatic nitrogens is 1. The summed E-state index contributed by atoms with van der Waals surface area (Å²) < 4.78 is 0. The third-order valence-corrected chi connectivity index (χ3v) is 4.31. The van der Waals surface area contributed by atoms with Crippen molar-refractivity contribution in [2.75, 3.05) is 13.1 Å². The summed E-state index contributed by atoms with van der Waals surface area (Å²) in [4.78, 5) is 18.1. The molecular formula is C14H18ClN3O. The van der Waals surface area contributed by atoms with Gasteiger partial charge in [0.25, 0.3) is 0 Å². The summed E-state index contributed by atoms with van der Waals surface area (Å²) in [6, 6.07) is 4.11. The Morgan fingerprint density at radius 1 is 1.47 bits per heavy atom. The molecule has 2 aliphatic rings. The zero-order valence-electron chi connectivity index (χ0n) is 10.8. The van der Waals surface area contributed by atoms with Crippen LogP contribution in [0.5, 0.6) is 0 Å². The van der Waals surface area contributed by atoms with E-state index in [1.807, 2.05) is 6.07 Å². The molecule has 19 heavy (non-hydrogen) atoms. The van der Waals surface area contributed by atoms with Gasteiger partial charge >= 0.3 is 0 Å². The van der Waals surface area contributed by atoms with Gasteiger partial charge in [0.2, 0.25) is 5.91 Å². The number of halogens is 1. The lowest BCUT2D eigenvalue weighted by molar-refractivity contribution is -0.125. The van der Waals surface area contributed by atoms with E-state index in [4.69, 9.17) is 11.6 Å². The Morgan fingerprint density at radius 3 is 3.21 bits per heavy atom. The SMILES string of the molecule is O=C1CCC2CN(Cc3cc(Cl)ccn3)CCC2N1. The molecule has 3 rings (SSSR count). The van der Waals surface area contributed by atoms with Gasteiger partial charge in [-0.25, -0.2) is 0 Å². The Balaban J connectivity index is 1.61. The largest absolute Gasteiger partial charge is 0.353 e. The number of amides is 1. The number of pyridine rings is 1. The van der Waals surface area contributed by atoms with Crippen LogP contribution in [0.4, 0.5) is 0 Å². The van der Waals surface area contributed by atoms with Crippen LogP contribution < -0.4 is 5.32 Å². The standard InChI is InChI=1S/C14H18ClN3O/c15-11-3-5-16-12(7-11)9-18-6-4-13-10(8-18)1-2-14(19)17-13/h3,5,7,10,13H,1-2,4,6,8-9H2,(H,17,19). The number of hydrogen-bond donors (Lipinski definition) is 1. The lowest BCUT2D eigenvalue weighted by Crippen LogP contribution is -2.53. The minimum absolute atomic E-state index is 0.214. The molecule has 2 fully saturated rings. The minimum Gasteiger partial charge on any atom is -0.353 e. The molecule has 0 aliphatic carbocycles. The fraction of sp³-hybridized carbons (Fsp3) is 0.571. The smallest absolute Gasteiger partial charge is 0.220 e. The lowest BCUT2D eigenvalue weighted by atomic mass is 9.85. The number of likely N-dealkylation sites (tertiary alicyclic amines) is 1. The summed E-state index contributed by atoms with van der Waals surface area (Å²) in [5, 5.41) is 3.85. The summed E-state index contributed by atoms with van der Waals surface area (Å²) in [5.41, 5.74) is 1.02. The van der Waals surface area contributed by atoms with Crippen LogP contribution >= 0.6 is 11.6 Å².